The normalized spacial score (nSPS) is 21.2. The van der Waals surface area contributed by atoms with E-state index in [0.29, 0.717) is 5.75 Å². The first kappa shape index (κ1) is 8.57. The highest BCUT2D eigenvalue weighted by Crippen LogP contribution is 2.31. The summed E-state index contributed by atoms with van der Waals surface area (Å²) in [6, 6.07) is 4.29. The molecule has 1 aliphatic heterocycles. The van der Waals surface area contributed by atoms with Gasteiger partial charge in [0.25, 0.3) is 0 Å². The summed E-state index contributed by atoms with van der Waals surface area (Å²) in [7, 11) is 0. The quantitative estimate of drug-likeness (QED) is 0.634. The summed E-state index contributed by atoms with van der Waals surface area (Å²) < 4.78 is 0. The fourth-order valence-electron chi connectivity index (χ4n) is 2.08. The van der Waals surface area contributed by atoms with Crippen molar-refractivity contribution in [1.82, 2.24) is 5.32 Å². The maximum Gasteiger partial charge on any atom is 0.120 e. The minimum atomic E-state index is 0.282. The summed E-state index contributed by atoms with van der Waals surface area (Å²) in [5.74, 6) is 0.440. The highest BCUT2D eigenvalue weighted by molar-refractivity contribution is 5.45. The Morgan fingerprint density at radius 1 is 1.46 bits per heavy atom. The van der Waals surface area contributed by atoms with Gasteiger partial charge in [-0.15, -0.1) is 0 Å². The maximum atomic E-state index is 9.77. The van der Waals surface area contributed by atoms with Gasteiger partial charge in [-0.3, -0.25) is 0 Å². The van der Waals surface area contributed by atoms with Gasteiger partial charge in [-0.05, 0) is 44.0 Å². The number of phenolic OH excluding ortho intramolecular Hbond substituents is 1. The van der Waals surface area contributed by atoms with Crippen LogP contribution in [0, 0.1) is 6.92 Å². The van der Waals surface area contributed by atoms with Crippen molar-refractivity contribution in [2.45, 2.75) is 26.3 Å². The highest BCUT2D eigenvalue weighted by Gasteiger charge is 2.19. The number of benzene rings is 1. The second-order valence-electron chi connectivity index (χ2n) is 3.78. The summed E-state index contributed by atoms with van der Waals surface area (Å²) in [5, 5.41) is 13.1. The molecule has 1 unspecified atom stereocenters. The predicted molar refractivity (Wildman–Crippen MR) is 53.0 cm³/mol. The molecule has 1 aromatic carbocycles. The Morgan fingerprint density at radius 3 is 3.00 bits per heavy atom. The van der Waals surface area contributed by atoms with Gasteiger partial charge in [-0.25, -0.2) is 0 Å². The lowest BCUT2D eigenvalue weighted by Crippen LogP contribution is -2.27. The minimum Gasteiger partial charge on any atom is -0.508 e. The van der Waals surface area contributed by atoms with Crippen LogP contribution in [-0.2, 0) is 6.42 Å². The molecule has 0 bridgehead atoms. The number of aromatic hydroxyl groups is 1. The van der Waals surface area contributed by atoms with E-state index in [0.717, 1.165) is 24.1 Å². The van der Waals surface area contributed by atoms with Gasteiger partial charge < -0.3 is 10.4 Å². The van der Waals surface area contributed by atoms with Crippen LogP contribution in [0.2, 0.25) is 0 Å². The maximum absolute atomic E-state index is 9.77. The number of aryl methyl sites for hydroxylation is 1. The van der Waals surface area contributed by atoms with E-state index in [4.69, 9.17) is 0 Å². The number of phenols is 1. The monoisotopic (exact) mass is 177 g/mol. The lowest BCUT2D eigenvalue weighted by Gasteiger charge is -2.25. The molecule has 2 heteroatoms. The molecule has 0 radical (unpaired) electrons. The third kappa shape index (κ3) is 1.42. The van der Waals surface area contributed by atoms with Crippen LogP contribution in [0.1, 0.15) is 29.7 Å². The van der Waals surface area contributed by atoms with Crippen LogP contribution in [0.25, 0.3) is 0 Å². The largest absolute Gasteiger partial charge is 0.508 e. The van der Waals surface area contributed by atoms with E-state index in [2.05, 4.69) is 18.3 Å². The summed E-state index contributed by atoms with van der Waals surface area (Å²) in [6.07, 6.45) is 1.02. The molecule has 1 aliphatic rings. The van der Waals surface area contributed by atoms with Crippen LogP contribution < -0.4 is 5.32 Å². The first-order chi connectivity index (χ1) is 6.18. The average molecular weight is 177 g/mol. The summed E-state index contributed by atoms with van der Waals surface area (Å²) in [4.78, 5) is 0. The standard InChI is InChI=1S/C11H15NO/c1-7-5-9-3-4-12-8(2)11(9)10(13)6-7/h5-6,8,12-13H,3-4H2,1-2H3. The average Bonchev–Trinajstić information content (AvgIpc) is 2.02. The van der Waals surface area contributed by atoms with Crippen molar-refractivity contribution in [1.29, 1.82) is 0 Å². The molecule has 2 nitrogen and oxygen atoms in total. The zero-order chi connectivity index (χ0) is 9.42. The molecule has 1 aromatic rings. The van der Waals surface area contributed by atoms with Gasteiger partial charge in [0.05, 0.1) is 0 Å². The van der Waals surface area contributed by atoms with Crippen molar-refractivity contribution in [3.05, 3.63) is 28.8 Å². The number of nitrogens with one attached hydrogen (secondary N) is 1. The van der Waals surface area contributed by atoms with Gasteiger partial charge >= 0.3 is 0 Å². The molecule has 0 saturated heterocycles. The smallest absolute Gasteiger partial charge is 0.120 e. The SMILES string of the molecule is Cc1cc(O)c2c(c1)CCNC2C. The fraction of sp³-hybridized carbons (Fsp3) is 0.455. The Kier molecular flexibility index (Phi) is 2.00. The van der Waals surface area contributed by atoms with Crippen molar-refractivity contribution in [2.24, 2.45) is 0 Å². The van der Waals surface area contributed by atoms with E-state index in [1.807, 2.05) is 13.0 Å². The summed E-state index contributed by atoms with van der Waals surface area (Å²) in [5.41, 5.74) is 3.52. The van der Waals surface area contributed by atoms with Crippen LogP contribution >= 0.6 is 0 Å². The van der Waals surface area contributed by atoms with Crippen molar-refractivity contribution >= 4 is 0 Å². The molecule has 0 saturated carbocycles. The van der Waals surface area contributed by atoms with Gasteiger partial charge in [0.15, 0.2) is 0 Å². The van der Waals surface area contributed by atoms with E-state index >= 15 is 0 Å². The van der Waals surface area contributed by atoms with Crippen molar-refractivity contribution in [3.63, 3.8) is 0 Å². The van der Waals surface area contributed by atoms with E-state index < -0.39 is 0 Å². The predicted octanol–water partition coefficient (Wildman–Crippen LogP) is 1.91. The lowest BCUT2D eigenvalue weighted by molar-refractivity contribution is 0.442. The molecule has 2 N–H and O–H groups in total. The van der Waals surface area contributed by atoms with Crippen LogP contribution in [0.5, 0.6) is 5.75 Å². The van der Waals surface area contributed by atoms with Gasteiger partial charge in [0.1, 0.15) is 5.75 Å². The second kappa shape index (κ2) is 3.04. The van der Waals surface area contributed by atoms with Crippen molar-refractivity contribution < 1.29 is 5.11 Å². The van der Waals surface area contributed by atoms with Gasteiger partial charge in [0.2, 0.25) is 0 Å². The molecule has 0 aliphatic carbocycles. The third-order valence-electron chi connectivity index (χ3n) is 2.67. The first-order valence-corrected chi connectivity index (χ1v) is 4.74. The van der Waals surface area contributed by atoms with Gasteiger partial charge in [-0.2, -0.15) is 0 Å². The molecule has 0 spiro atoms. The van der Waals surface area contributed by atoms with Crippen LogP contribution in [-0.4, -0.2) is 11.7 Å². The Bertz CT molecular complexity index is 333. The van der Waals surface area contributed by atoms with Crippen LogP contribution in [0.15, 0.2) is 12.1 Å². The molecule has 0 aromatic heterocycles. The number of hydrogen-bond donors (Lipinski definition) is 2. The molecule has 13 heavy (non-hydrogen) atoms. The van der Waals surface area contributed by atoms with E-state index in [-0.39, 0.29) is 6.04 Å². The molecule has 1 heterocycles. The Labute approximate surface area is 78.6 Å². The molecule has 2 rings (SSSR count). The second-order valence-corrected chi connectivity index (χ2v) is 3.78. The third-order valence-corrected chi connectivity index (χ3v) is 2.67. The Morgan fingerprint density at radius 2 is 2.23 bits per heavy atom. The molecule has 1 atom stereocenters. The van der Waals surface area contributed by atoms with E-state index in [9.17, 15) is 5.11 Å². The Balaban J connectivity index is 2.56. The zero-order valence-corrected chi connectivity index (χ0v) is 8.09. The van der Waals surface area contributed by atoms with Crippen LogP contribution in [0.4, 0.5) is 0 Å². The molecular weight excluding hydrogens is 162 g/mol. The minimum absolute atomic E-state index is 0.282. The van der Waals surface area contributed by atoms with Gasteiger partial charge in [-0.1, -0.05) is 6.07 Å². The topological polar surface area (TPSA) is 32.3 Å². The highest BCUT2D eigenvalue weighted by atomic mass is 16.3. The van der Waals surface area contributed by atoms with Crippen molar-refractivity contribution in [3.8, 4) is 5.75 Å². The van der Waals surface area contributed by atoms with E-state index in [1.165, 1.54) is 5.56 Å². The van der Waals surface area contributed by atoms with E-state index in [1.54, 1.807) is 0 Å². The van der Waals surface area contributed by atoms with Gasteiger partial charge in [0, 0.05) is 11.6 Å². The summed E-state index contributed by atoms with van der Waals surface area (Å²) >= 11 is 0. The lowest BCUT2D eigenvalue weighted by atomic mass is 9.93. The molecule has 0 amide bonds. The zero-order valence-electron chi connectivity index (χ0n) is 8.09. The first-order valence-electron chi connectivity index (χ1n) is 4.74. The summed E-state index contributed by atoms with van der Waals surface area (Å²) in [6.45, 7) is 5.12. The number of rotatable bonds is 0. The van der Waals surface area contributed by atoms with Crippen LogP contribution in [0.3, 0.4) is 0 Å². The molecular formula is C11H15NO. The Hall–Kier alpha value is -1.02. The van der Waals surface area contributed by atoms with Crippen molar-refractivity contribution in [2.75, 3.05) is 6.54 Å². The fourth-order valence-corrected chi connectivity index (χ4v) is 2.08. The molecule has 70 valence electrons. The number of fused-ring (bicyclic) bond motifs is 1. The molecule has 0 fully saturated rings. The number of hydrogen-bond acceptors (Lipinski definition) is 2.